The zero-order valence-corrected chi connectivity index (χ0v) is 9.71. The molecule has 1 saturated heterocycles. The van der Waals surface area contributed by atoms with Crippen LogP contribution in [0.5, 0.6) is 0 Å². The molecule has 2 atom stereocenters. The van der Waals surface area contributed by atoms with Gasteiger partial charge in [-0.25, -0.2) is 4.39 Å². The van der Waals surface area contributed by atoms with Crippen molar-refractivity contribution in [1.29, 1.82) is 0 Å². The lowest BCUT2D eigenvalue weighted by atomic mass is 9.74. The van der Waals surface area contributed by atoms with E-state index in [4.69, 9.17) is 0 Å². The van der Waals surface area contributed by atoms with Crippen molar-refractivity contribution < 1.29 is 4.39 Å². The summed E-state index contributed by atoms with van der Waals surface area (Å²) < 4.78 is 13.7. The first kappa shape index (κ1) is 12.3. The minimum atomic E-state index is -0.615. The second kappa shape index (κ2) is 4.80. The standard InChI is InChI=1S/C11H20FN.ClH/c1-11(10(12)7-8-13-11)9-5-3-2-4-6-9;/h9-10,13H,2-8H2,1H3;1H. The third kappa shape index (κ3) is 2.06. The summed E-state index contributed by atoms with van der Waals surface area (Å²) in [7, 11) is 0. The second-order valence-corrected chi connectivity index (χ2v) is 4.80. The van der Waals surface area contributed by atoms with Crippen LogP contribution in [0.15, 0.2) is 0 Å². The molecule has 1 heterocycles. The lowest BCUT2D eigenvalue weighted by Gasteiger charge is -2.38. The number of nitrogens with one attached hydrogen (secondary N) is 1. The molecule has 1 N–H and O–H groups in total. The summed E-state index contributed by atoms with van der Waals surface area (Å²) in [4.78, 5) is 0. The maximum atomic E-state index is 13.7. The molecule has 0 bridgehead atoms. The van der Waals surface area contributed by atoms with Crippen LogP contribution in [0.2, 0.25) is 0 Å². The van der Waals surface area contributed by atoms with Crippen LogP contribution in [-0.2, 0) is 0 Å². The van der Waals surface area contributed by atoms with Crippen LogP contribution in [0.25, 0.3) is 0 Å². The molecular weight excluding hydrogens is 201 g/mol. The van der Waals surface area contributed by atoms with Gasteiger partial charge < -0.3 is 5.32 Å². The average Bonchev–Trinajstić information content (AvgIpc) is 2.50. The Morgan fingerprint density at radius 2 is 1.79 bits per heavy atom. The Bertz CT molecular complexity index is 182. The van der Waals surface area contributed by atoms with Crippen LogP contribution in [-0.4, -0.2) is 18.3 Å². The normalized spacial score (nSPS) is 39.4. The molecule has 84 valence electrons. The fourth-order valence-corrected chi connectivity index (χ4v) is 2.98. The summed E-state index contributed by atoms with van der Waals surface area (Å²) in [6.45, 7) is 2.95. The summed E-state index contributed by atoms with van der Waals surface area (Å²) in [5.41, 5.74) is -0.194. The van der Waals surface area contributed by atoms with Crippen LogP contribution < -0.4 is 5.32 Å². The molecule has 0 aromatic carbocycles. The molecule has 1 saturated carbocycles. The topological polar surface area (TPSA) is 12.0 Å². The lowest BCUT2D eigenvalue weighted by Crippen LogP contribution is -2.50. The summed E-state index contributed by atoms with van der Waals surface area (Å²) >= 11 is 0. The number of rotatable bonds is 1. The van der Waals surface area contributed by atoms with Gasteiger partial charge in [0.15, 0.2) is 0 Å². The van der Waals surface area contributed by atoms with Gasteiger partial charge in [0.05, 0.1) is 0 Å². The second-order valence-electron chi connectivity index (χ2n) is 4.80. The Morgan fingerprint density at radius 3 is 2.29 bits per heavy atom. The van der Waals surface area contributed by atoms with Crippen LogP contribution in [0.3, 0.4) is 0 Å². The molecule has 0 spiro atoms. The lowest BCUT2D eigenvalue weighted by molar-refractivity contribution is 0.118. The van der Waals surface area contributed by atoms with Crippen molar-refractivity contribution in [3.05, 3.63) is 0 Å². The summed E-state index contributed by atoms with van der Waals surface area (Å²) in [5.74, 6) is 0.582. The molecule has 1 nitrogen and oxygen atoms in total. The smallest absolute Gasteiger partial charge is 0.119 e. The zero-order valence-electron chi connectivity index (χ0n) is 8.89. The van der Waals surface area contributed by atoms with Crippen molar-refractivity contribution in [2.45, 2.75) is 57.2 Å². The van der Waals surface area contributed by atoms with E-state index in [0.717, 1.165) is 6.54 Å². The van der Waals surface area contributed by atoms with Crippen molar-refractivity contribution in [2.75, 3.05) is 6.54 Å². The summed E-state index contributed by atoms with van der Waals surface area (Å²) in [5, 5.41) is 3.38. The highest BCUT2D eigenvalue weighted by atomic mass is 35.5. The Morgan fingerprint density at radius 1 is 1.14 bits per heavy atom. The predicted octanol–water partition coefficient (Wildman–Crippen LogP) is 3.08. The van der Waals surface area contributed by atoms with Gasteiger partial charge in [-0.05, 0) is 38.6 Å². The number of alkyl halides is 1. The quantitative estimate of drug-likeness (QED) is 0.718. The summed E-state index contributed by atoms with van der Waals surface area (Å²) in [6.07, 6.45) is 6.50. The molecule has 1 aliphatic heterocycles. The van der Waals surface area contributed by atoms with Gasteiger partial charge in [-0.3, -0.25) is 0 Å². The number of hydrogen-bond acceptors (Lipinski definition) is 1. The van der Waals surface area contributed by atoms with Gasteiger partial charge in [0, 0.05) is 5.54 Å². The van der Waals surface area contributed by atoms with Crippen molar-refractivity contribution in [3.63, 3.8) is 0 Å². The van der Waals surface area contributed by atoms with Gasteiger partial charge in [-0.15, -0.1) is 12.4 Å². The van der Waals surface area contributed by atoms with Crippen LogP contribution in [0.1, 0.15) is 45.4 Å². The van der Waals surface area contributed by atoms with E-state index < -0.39 is 6.17 Å². The van der Waals surface area contributed by atoms with Gasteiger partial charge in [-0.1, -0.05) is 19.3 Å². The fourth-order valence-electron chi connectivity index (χ4n) is 2.98. The van der Waals surface area contributed by atoms with Crippen LogP contribution in [0.4, 0.5) is 4.39 Å². The molecular formula is C11H21ClFN. The molecule has 0 amide bonds. The van der Waals surface area contributed by atoms with Gasteiger partial charge >= 0.3 is 0 Å². The molecule has 2 rings (SSSR count). The van der Waals surface area contributed by atoms with Crippen molar-refractivity contribution in [2.24, 2.45) is 5.92 Å². The minimum absolute atomic E-state index is 0. The van der Waals surface area contributed by atoms with Crippen molar-refractivity contribution >= 4 is 12.4 Å². The summed E-state index contributed by atoms with van der Waals surface area (Å²) in [6, 6.07) is 0. The number of hydrogen-bond donors (Lipinski definition) is 1. The van der Waals surface area contributed by atoms with E-state index in [1.807, 2.05) is 0 Å². The monoisotopic (exact) mass is 221 g/mol. The Hall–Kier alpha value is 0.180. The maximum absolute atomic E-state index is 13.7. The van der Waals surface area contributed by atoms with E-state index in [1.54, 1.807) is 0 Å². The molecule has 0 radical (unpaired) electrons. The molecule has 0 aromatic heterocycles. The molecule has 2 unspecified atom stereocenters. The van der Waals surface area contributed by atoms with E-state index >= 15 is 0 Å². The van der Waals surface area contributed by atoms with Crippen LogP contribution >= 0.6 is 12.4 Å². The maximum Gasteiger partial charge on any atom is 0.119 e. The Balaban J connectivity index is 0.000000980. The molecule has 14 heavy (non-hydrogen) atoms. The third-order valence-corrected chi connectivity index (χ3v) is 4.01. The number of halogens is 2. The third-order valence-electron chi connectivity index (χ3n) is 4.01. The minimum Gasteiger partial charge on any atom is -0.309 e. The van der Waals surface area contributed by atoms with E-state index in [1.165, 1.54) is 32.1 Å². The molecule has 2 fully saturated rings. The van der Waals surface area contributed by atoms with Crippen LogP contribution in [0, 0.1) is 5.92 Å². The molecule has 2 aliphatic rings. The zero-order chi connectivity index (χ0) is 9.31. The first-order valence-electron chi connectivity index (χ1n) is 5.62. The van der Waals surface area contributed by atoms with Gasteiger partial charge in [0.2, 0.25) is 0 Å². The first-order valence-corrected chi connectivity index (χ1v) is 5.62. The fraction of sp³-hybridized carbons (Fsp3) is 1.00. The van der Waals surface area contributed by atoms with Gasteiger partial charge in [0.25, 0.3) is 0 Å². The Kier molecular flexibility index (Phi) is 4.20. The van der Waals surface area contributed by atoms with E-state index in [2.05, 4.69) is 12.2 Å². The Labute approximate surface area is 92.2 Å². The van der Waals surface area contributed by atoms with E-state index in [-0.39, 0.29) is 17.9 Å². The average molecular weight is 222 g/mol. The molecule has 0 aromatic rings. The predicted molar refractivity (Wildman–Crippen MR) is 59.7 cm³/mol. The van der Waals surface area contributed by atoms with E-state index in [9.17, 15) is 4.39 Å². The van der Waals surface area contributed by atoms with Crippen molar-refractivity contribution in [3.8, 4) is 0 Å². The molecule has 3 heteroatoms. The van der Waals surface area contributed by atoms with Gasteiger partial charge in [-0.2, -0.15) is 0 Å². The SMILES string of the molecule is CC1(C2CCCCC2)NCCC1F.Cl. The molecule has 1 aliphatic carbocycles. The highest BCUT2D eigenvalue weighted by Crippen LogP contribution is 2.38. The van der Waals surface area contributed by atoms with Gasteiger partial charge in [0.1, 0.15) is 6.17 Å². The van der Waals surface area contributed by atoms with Crippen molar-refractivity contribution in [1.82, 2.24) is 5.32 Å². The highest BCUT2D eigenvalue weighted by Gasteiger charge is 2.44. The highest BCUT2D eigenvalue weighted by molar-refractivity contribution is 5.85. The van der Waals surface area contributed by atoms with E-state index in [0.29, 0.717) is 12.3 Å². The largest absolute Gasteiger partial charge is 0.309 e. The first-order chi connectivity index (χ1) is 6.23.